The largest absolute Gasteiger partial charge is 0.495 e. The predicted octanol–water partition coefficient (Wildman–Crippen LogP) is 3.38. The zero-order valence-electron chi connectivity index (χ0n) is 17.0. The van der Waals surface area contributed by atoms with Gasteiger partial charge in [0.15, 0.2) is 0 Å². The molecule has 160 valence electrons. The maximum absolute atomic E-state index is 12.5. The van der Waals surface area contributed by atoms with E-state index in [0.717, 1.165) is 32.1 Å². The third-order valence-electron chi connectivity index (χ3n) is 5.63. The quantitative estimate of drug-likeness (QED) is 0.629. The second-order valence-corrected chi connectivity index (χ2v) is 9.59. The lowest BCUT2D eigenvalue weighted by Gasteiger charge is -2.25. The summed E-state index contributed by atoms with van der Waals surface area (Å²) in [6.07, 6.45) is 4.92. The lowest BCUT2D eigenvalue weighted by atomic mass is 9.83. The van der Waals surface area contributed by atoms with E-state index in [4.69, 9.17) is 4.74 Å². The summed E-state index contributed by atoms with van der Waals surface area (Å²) in [4.78, 5) is 12.6. The third kappa shape index (κ3) is 4.76. The van der Waals surface area contributed by atoms with Crippen molar-refractivity contribution in [3.05, 3.63) is 53.6 Å². The van der Waals surface area contributed by atoms with Crippen LogP contribution in [0, 0.1) is 0 Å². The molecule has 0 bridgehead atoms. The van der Waals surface area contributed by atoms with Gasteiger partial charge in [-0.1, -0.05) is 24.3 Å². The summed E-state index contributed by atoms with van der Waals surface area (Å²) in [6.45, 7) is 0.520. The Morgan fingerprint density at radius 3 is 2.70 bits per heavy atom. The molecule has 0 radical (unpaired) electrons. The van der Waals surface area contributed by atoms with Gasteiger partial charge >= 0.3 is 6.03 Å². The Hall–Kier alpha value is -2.58. The van der Waals surface area contributed by atoms with E-state index in [9.17, 15) is 13.2 Å². The van der Waals surface area contributed by atoms with Crippen LogP contribution in [0.5, 0.6) is 5.75 Å². The van der Waals surface area contributed by atoms with Crippen LogP contribution in [0.3, 0.4) is 0 Å². The van der Waals surface area contributed by atoms with Crippen LogP contribution >= 0.6 is 0 Å². The highest BCUT2D eigenvalue weighted by Crippen LogP contribution is 2.31. The minimum absolute atomic E-state index is 0.00943. The number of carbonyl (C=O) groups excluding carboxylic acids is 1. The number of aryl methyl sites for hydroxylation is 1. The zero-order chi connectivity index (χ0) is 21.1. The Kier molecular flexibility index (Phi) is 5.97. The summed E-state index contributed by atoms with van der Waals surface area (Å²) in [5.74, 6) is 0.676. The maximum atomic E-state index is 12.5. The third-order valence-corrected chi connectivity index (χ3v) is 7.15. The van der Waals surface area contributed by atoms with Crippen LogP contribution in [0.25, 0.3) is 0 Å². The van der Waals surface area contributed by atoms with Crippen LogP contribution in [0.4, 0.5) is 10.5 Å². The van der Waals surface area contributed by atoms with Crippen molar-refractivity contribution in [2.75, 3.05) is 19.0 Å². The van der Waals surface area contributed by atoms with Gasteiger partial charge in [-0.25, -0.2) is 17.9 Å². The van der Waals surface area contributed by atoms with Gasteiger partial charge in [-0.3, -0.25) is 0 Å². The highest BCUT2D eigenvalue weighted by Gasteiger charge is 2.28. The number of rotatable bonds is 7. The molecule has 1 fully saturated rings. The topological polar surface area (TPSA) is 96.5 Å². The number of benzene rings is 2. The number of methoxy groups -OCH3 is 1. The highest BCUT2D eigenvalue weighted by atomic mass is 32.2. The molecule has 8 heteroatoms. The molecule has 1 saturated carbocycles. The minimum Gasteiger partial charge on any atom is -0.495 e. The van der Waals surface area contributed by atoms with E-state index in [0.29, 0.717) is 18.0 Å². The standard InChI is InChI=1S/C22H27N3O4S/c1-29-21-12-11-18(30(27,28)25-17-9-10-17)13-20(21)24-22(26)23-14-16-7-4-6-15-5-2-3-8-19(15)16/h2-3,5,8,11-13,16-17,25H,4,6-7,9-10,14H2,1H3,(H2,23,24,26)/t16-/m1/s1. The number of sulfonamides is 1. The van der Waals surface area contributed by atoms with Gasteiger partial charge in [0, 0.05) is 18.5 Å². The van der Waals surface area contributed by atoms with E-state index in [1.807, 2.05) is 12.1 Å². The van der Waals surface area contributed by atoms with Crippen LogP contribution in [0.15, 0.2) is 47.4 Å². The molecule has 2 aliphatic carbocycles. The van der Waals surface area contributed by atoms with Gasteiger partial charge in [0.1, 0.15) is 5.75 Å². The molecule has 7 nitrogen and oxygen atoms in total. The van der Waals surface area contributed by atoms with Gasteiger partial charge in [-0.15, -0.1) is 0 Å². The van der Waals surface area contributed by atoms with Gasteiger partial charge in [-0.2, -0.15) is 0 Å². The summed E-state index contributed by atoms with van der Waals surface area (Å²) < 4.78 is 32.9. The zero-order valence-corrected chi connectivity index (χ0v) is 17.8. The summed E-state index contributed by atoms with van der Waals surface area (Å²) in [6, 6.07) is 12.4. The molecule has 0 heterocycles. The molecule has 4 rings (SSSR count). The summed E-state index contributed by atoms with van der Waals surface area (Å²) in [5.41, 5.74) is 2.96. The molecule has 0 spiro atoms. The summed E-state index contributed by atoms with van der Waals surface area (Å²) >= 11 is 0. The lowest BCUT2D eigenvalue weighted by Crippen LogP contribution is -2.33. The maximum Gasteiger partial charge on any atom is 0.319 e. The Balaban J connectivity index is 1.43. The molecular weight excluding hydrogens is 402 g/mol. The average molecular weight is 430 g/mol. The molecule has 2 aromatic carbocycles. The normalized spacial score (nSPS) is 18.4. The van der Waals surface area contributed by atoms with Crippen molar-refractivity contribution >= 4 is 21.7 Å². The SMILES string of the molecule is COc1ccc(S(=O)(=O)NC2CC2)cc1NC(=O)NC[C@H]1CCCc2ccccc21. The van der Waals surface area contributed by atoms with Gasteiger partial charge in [0.2, 0.25) is 10.0 Å². The molecule has 2 aliphatic rings. The van der Waals surface area contributed by atoms with Crippen molar-refractivity contribution < 1.29 is 17.9 Å². The number of carbonyl (C=O) groups is 1. The van der Waals surface area contributed by atoms with Crippen molar-refractivity contribution in [2.24, 2.45) is 0 Å². The van der Waals surface area contributed by atoms with E-state index in [1.54, 1.807) is 6.07 Å². The number of urea groups is 1. The Morgan fingerprint density at radius 2 is 1.93 bits per heavy atom. The molecule has 0 unspecified atom stereocenters. The molecule has 0 aliphatic heterocycles. The number of amides is 2. The van der Waals surface area contributed by atoms with Gasteiger partial charge in [-0.05, 0) is 61.4 Å². The van der Waals surface area contributed by atoms with Crippen molar-refractivity contribution in [3.63, 3.8) is 0 Å². The molecule has 30 heavy (non-hydrogen) atoms. The second-order valence-electron chi connectivity index (χ2n) is 7.88. The van der Waals surface area contributed by atoms with Crippen molar-refractivity contribution in [1.82, 2.24) is 10.0 Å². The smallest absolute Gasteiger partial charge is 0.319 e. The van der Waals surface area contributed by atoms with E-state index in [2.05, 4.69) is 27.5 Å². The molecule has 0 aromatic heterocycles. The Morgan fingerprint density at radius 1 is 1.13 bits per heavy atom. The minimum atomic E-state index is -3.62. The number of hydrogen-bond donors (Lipinski definition) is 3. The molecule has 0 saturated heterocycles. The second kappa shape index (κ2) is 8.65. The lowest BCUT2D eigenvalue weighted by molar-refractivity contribution is 0.251. The van der Waals surface area contributed by atoms with Crippen molar-refractivity contribution in [2.45, 2.75) is 49.0 Å². The first-order valence-electron chi connectivity index (χ1n) is 10.3. The summed E-state index contributed by atoms with van der Waals surface area (Å²) in [5, 5.41) is 5.66. The Labute approximate surface area is 177 Å². The fraction of sp³-hybridized carbons (Fsp3) is 0.409. The van der Waals surface area contributed by atoms with Crippen LogP contribution in [-0.2, 0) is 16.4 Å². The van der Waals surface area contributed by atoms with Crippen molar-refractivity contribution in [1.29, 1.82) is 0 Å². The number of anilines is 1. The monoisotopic (exact) mass is 429 g/mol. The average Bonchev–Trinajstić information content (AvgIpc) is 3.55. The molecule has 2 aromatic rings. The first-order chi connectivity index (χ1) is 14.5. The molecule has 3 N–H and O–H groups in total. The molecular formula is C22H27N3O4S. The van der Waals surface area contributed by atoms with Gasteiger partial charge in [0.25, 0.3) is 0 Å². The highest BCUT2D eigenvalue weighted by molar-refractivity contribution is 7.89. The molecule has 1 atom stereocenters. The predicted molar refractivity (Wildman–Crippen MR) is 115 cm³/mol. The van der Waals surface area contributed by atoms with E-state index >= 15 is 0 Å². The fourth-order valence-corrected chi connectivity index (χ4v) is 5.22. The van der Waals surface area contributed by atoms with Crippen LogP contribution < -0.4 is 20.1 Å². The van der Waals surface area contributed by atoms with E-state index in [-0.39, 0.29) is 22.9 Å². The van der Waals surface area contributed by atoms with Crippen LogP contribution in [0.2, 0.25) is 0 Å². The Bertz CT molecular complexity index is 1030. The molecule has 2 amide bonds. The van der Waals surface area contributed by atoms with E-state index < -0.39 is 10.0 Å². The first-order valence-corrected chi connectivity index (χ1v) is 11.8. The van der Waals surface area contributed by atoms with Crippen molar-refractivity contribution in [3.8, 4) is 5.75 Å². The van der Waals surface area contributed by atoms with Crippen LogP contribution in [-0.4, -0.2) is 34.1 Å². The number of hydrogen-bond acceptors (Lipinski definition) is 4. The van der Waals surface area contributed by atoms with Gasteiger partial charge in [0.05, 0.1) is 17.7 Å². The van der Waals surface area contributed by atoms with Crippen LogP contribution in [0.1, 0.15) is 42.7 Å². The number of ether oxygens (including phenoxy) is 1. The first kappa shape index (κ1) is 20.7. The number of fused-ring (bicyclic) bond motifs is 1. The fourth-order valence-electron chi connectivity index (χ4n) is 3.89. The number of nitrogens with one attached hydrogen (secondary N) is 3. The van der Waals surface area contributed by atoms with E-state index in [1.165, 1.54) is 30.4 Å². The summed E-state index contributed by atoms with van der Waals surface area (Å²) in [7, 11) is -2.14. The van der Waals surface area contributed by atoms with Gasteiger partial charge < -0.3 is 15.4 Å².